The fraction of sp³-hybridized carbons (Fsp3) is 0.0816. The van der Waals surface area contributed by atoms with Crippen molar-refractivity contribution >= 4 is 53.3 Å². The molecular formula is C49H36N4S. The highest BCUT2D eigenvalue weighted by atomic mass is 32.1. The summed E-state index contributed by atoms with van der Waals surface area (Å²) in [5.74, 6) is 1.95. The zero-order chi connectivity index (χ0) is 36.0. The van der Waals surface area contributed by atoms with E-state index in [9.17, 15) is 0 Å². The molecular weight excluding hydrogens is 677 g/mol. The van der Waals surface area contributed by atoms with E-state index >= 15 is 0 Å². The standard InChI is InChI=1S/C49H36N4S/c1-2-3-11-32-18-20-33(21-19-32)34-22-24-36(25-23-34)48-50-47(35-12-5-4-6-13-35)51-49(52-48)37-26-28-38(29-27-37)53-43-16-9-7-14-39(43)41-30-42-40-15-8-10-17-45(40)54-46(42)31-44(41)53/h4-10,12-31H,2-3,11H2,1H3. The van der Waals surface area contributed by atoms with Crippen LogP contribution in [0.5, 0.6) is 0 Å². The number of benzene rings is 7. The number of thiophene rings is 1. The van der Waals surface area contributed by atoms with Crippen LogP contribution >= 0.6 is 11.3 Å². The van der Waals surface area contributed by atoms with Crippen molar-refractivity contribution in [2.75, 3.05) is 0 Å². The Balaban J connectivity index is 1.04. The van der Waals surface area contributed by atoms with Crippen LogP contribution in [0.25, 0.3) is 93.0 Å². The van der Waals surface area contributed by atoms with Gasteiger partial charge in [-0.3, -0.25) is 0 Å². The number of fused-ring (bicyclic) bond motifs is 6. The van der Waals surface area contributed by atoms with E-state index in [4.69, 9.17) is 15.0 Å². The average Bonchev–Trinajstić information content (AvgIpc) is 3.77. The van der Waals surface area contributed by atoms with E-state index in [0.29, 0.717) is 17.5 Å². The Morgan fingerprint density at radius 1 is 0.444 bits per heavy atom. The van der Waals surface area contributed by atoms with E-state index < -0.39 is 0 Å². The summed E-state index contributed by atoms with van der Waals surface area (Å²) in [6.45, 7) is 2.24. The van der Waals surface area contributed by atoms with Gasteiger partial charge in [0.05, 0.1) is 11.0 Å². The van der Waals surface area contributed by atoms with Gasteiger partial charge in [0.1, 0.15) is 0 Å². The van der Waals surface area contributed by atoms with Gasteiger partial charge in [-0.2, -0.15) is 0 Å². The molecule has 4 nitrogen and oxygen atoms in total. The first-order valence-electron chi connectivity index (χ1n) is 18.7. The molecule has 258 valence electrons. The largest absolute Gasteiger partial charge is 0.309 e. The molecule has 0 radical (unpaired) electrons. The lowest BCUT2D eigenvalue weighted by Gasteiger charge is -2.11. The van der Waals surface area contributed by atoms with Gasteiger partial charge in [0.15, 0.2) is 17.5 Å². The molecule has 10 rings (SSSR count). The summed E-state index contributed by atoms with van der Waals surface area (Å²) >= 11 is 1.86. The maximum atomic E-state index is 5.06. The molecule has 54 heavy (non-hydrogen) atoms. The minimum atomic E-state index is 0.645. The van der Waals surface area contributed by atoms with E-state index in [1.807, 2.05) is 29.5 Å². The van der Waals surface area contributed by atoms with Crippen LogP contribution in [0.1, 0.15) is 25.3 Å². The van der Waals surface area contributed by atoms with Gasteiger partial charge in [0, 0.05) is 53.3 Å². The van der Waals surface area contributed by atoms with Gasteiger partial charge in [-0.05, 0) is 78.1 Å². The Kier molecular flexibility index (Phi) is 8.07. The molecule has 0 amide bonds. The van der Waals surface area contributed by atoms with Gasteiger partial charge in [0.2, 0.25) is 0 Å². The summed E-state index contributed by atoms with van der Waals surface area (Å²) in [7, 11) is 0. The van der Waals surface area contributed by atoms with Crippen molar-refractivity contribution in [3.63, 3.8) is 0 Å². The van der Waals surface area contributed by atoms with Crippen LogP contribution in [0.3, 0.4) is 0 Å². The Hall–Kier alpha value is -6.43. The molecule has 0 aliphatic carbocycles. The van der Waals surface area contributed by atoms with Crippen molar-refractivity contribution in [3.8, 4) is 51.0 Å². The second-order valence-electron chi connectivity index (χ2n) is 13.9. The lowest BCUT2D eigenvalue weighted by Crippen LogP contribution is -2.00. The summed E-state index contributed by atoms with van der Waals surface area (Å²) in [6.07, 6.45) is 3.55. The van der Waals surface area contributed by atoms with E-state index in [-0.39, 0.29) is 0 Å². The Morgan fingerprint density at radius 2 is 1.00 bits per heavy atom. The summed E-state index contributed by atoms with van der Waals surface area (Å²) in [5, 5.41) is 5.14. The molecule has 0 bridgehead atoms. The minimum Gasteiger partial charge on any atom is -0.309 e. The molecule has 0 unspecified atom stereocenters. The van der Waals surface area contributed by atoms with Crippen LogP contribution in [0, 0.1) is 0 Å². The van der Waals surface area contributed by atoms with Gasteiger partial charge in [-0.1, -0.05) is 129 Å². The predicted molar refractivity (Wildman–Crippen MR) is 227 cm³/mol. The highest BCUT2D eigenvalue weighted by Crippen LogP contribution is 2.40. The third-order valence-electron chi connectivity index (χ3n) is 10.5. The van der Waals surface area contributed by atoms with Crippen LogP contribution in [-0.4, -0.2) is 19.5 Å². The molecule has 0 fully saturated rings. The number of unbranched alkanes of at least 4 members (excludes halogenated alkanes) is 1. The molecule has 0 atom stereocenters. The molecule has 0 saturated heterocycles. The second kappa shape index (κ2) is 13.5. The maximum absolute atomic E-state index is 5.06. The van der Waals surface area contributed by atoms with E-state index in [0.717, 1.165) is 28.8 Å². The fourth-order valence-corrected chi connectivity index (χ4v) is 8.75. The molecule has 7 aromatic carbocycles. The topological polar surface area (TPSA) is 43.6 Å². The lowest BCUT2D eigenvalue weighted by molar-refractivity contribution is 0.795. The van der Waals surface area contributed by atoms with Gasteiger partial charge >= 0.3 is 0 Å². The molecule has 0 saturated carbocycles. The zero-order valence-corrected chi connectivity index (χ0v) is 30.7. The molecule has 0 N–H and O–H groups in total. The molecule has 3 heterocycles. The number of aromatic nitrogens is 4. The summed E-state index contributed by atoms with van der Waals surface area (Å²) in [5.41, 5.74) is 10.1. The number of hydrogen-bond acceptors (Lipinski definition) is 4. The van der Waals surface area contributed by atoms with Crippen molar-refractivity contribution in [2.24, 2.45) is 0 Å². The molecule has 0 spiro atoms. The van der Waals surface area contributed by atoms with Gasteiger partial charge in [-0.25, -0.2) is 15.0 Å². The maximum Gasteiger partial charge on any atom is 0.164 e. The van der Waals surface area contributed by atoms with Gasteiger partial charge < -0.3 is 4.57 Å². The SMILES string of the molecule is CCCCc1ccc(-c2ccc(-c3nc(-c4ccccc4)nc(-c4ccc(-n5c6ccccc6c6cc7c(cc65)sc5ccccc57)cc4)n3)cc2)cc1. The Bertz CT molecular complexity index is 2940. The molecule has 5 heteroatoms. The molecule has 3 aromatic heterocycles. The average molecular weight is 713 g/mol. The van der Waals surface area contributed by atoms with Crippen LogP contribution in [0.15, 0.2) is 164 Å². The fourth-order valence-electron chi connectivity index (χ4n) is 7.63. The van der Waals surface area contributed by atoms with Crippen molar-refractivity contribution in [2.45, 2.75) is 26.2 Å². The number of rotatable bonds is 8. The zero-order valence-electron chi connectivity index (χ0n) is 29.9. The molecule has 10 aromatic rings. The third kappa shape index (κ3) is 5.74. The van der Waals surface area contributed by atoms with E-state index in [1.165, 1.54) is 71.5 Å². The third-order valence-corrected chi connectivity index (χ3v) is 11.6. The second-order valence-corrected chi connectivity index (χ2v) is 15.0. The highest BCUT2D eigenvalue weighted by Gasteiger charge is 2.17. The first-order valence-corrected chi connectivity index (χ1v) is 19.5. The number of nitrogens with zero attached hydrogens (tertiary/aromatic N) is 4. The van der Waals surface area contributed by atoms with Crippen molar-refractivity contribution in [3.05, 3.63) is 169 Å². The number of aryl methyl sites for hydroxylation is 1. The minimum absolute atomic E-state index is 0.645. The quantitative estimate of drug-likeness (QED) is 0.158. The van der Waals surface area contributed by atoms with Crippen molar-refractivity contribution in [1.29, 1.82) is 0 Å². The monoisotopic (exact) mass is 712 g/mol. The van der Waals surface area contributed by atoms with Crippen LogP contribution in [-0.2, 0) is 6.42 Å². The van der Waals surface area contributed by atoms with E-state index in [1.54, 1.807) is 0 Å². The van der Waals surface area contributed by atoms with Crippen LogP contribution < -0.4 is 0 Å². The smallest absolute Gasteiger partial charge is 0.164 e. The highest BCUT2D eigenvalue weighted by molar-refractivity contribution is 7.25. The first-order chi connectivity index (χ1) is 26.7. The van der Waals surface area contributed by atoms with Gasteiger partial charge in [-0.15, -0.1) is 11.3 Å². The number of hydrogen-bond donors (Lipinski definition) is 0. The summed E-state index contributed by atoms with van der Waals surface area (Å²) < 4.78 is 4.99. The molecule has 0 aliphatic rings. The van der Waals surface area contributed by atoms with E-state index in [2.05, 4.69) is 157 Å². The first kappa shape index (κ1) is 32.2. The van der Waals surface area contributed by atoms with Crippen molar-refractivity contribution in [1.82, 2.24) is 19.5 Å². The lowest BCUT2D eigenvalue weighted by atomic mass is 10.0. The predicted octanol–water partition coefficient (Wildman–Crippen LogP) is 13.3. The molecule has 0 aliphatic heterocycles. The Labute approximate surface area is 318 Å². The Morgan fingerprint density at radius 3 is 1.69 bits per heavy atom. The summed E-state index contributed by atoms with van der Waals surface area (Å²) in [4.78, 5) is 15.1. The van der Waals surface area contributed by atoms with Gasteiger partial charge in [0.25, 0.3) is 0 Å². The van der Waals surface area contributed by atoms with Crippen LogP contribution in [0.4, 0.5) is 0 Å². The normalized spacial score (nSPS) is 11.6. The summed E-state index contributed by atoms with van der Waals surface area (Å²) in [6, 6.07) is 58.5. The number of para-hydroxylation sites is 1. The van der Waals surface area contributed by atoms with Crippen LogP contribution in [0.2, 0.25) is 0 Å². The van der Waals surface area contributed by atoms with Crippen molar-refractivity contribution < 1.29 is 0 Å².